The summed E-state index contributed by atoms with van der Waals surface area (Å²) in [4.78, 5) is 25.5. The van der Waals surface area contributed by atoms with Crippen LogP contribution < -0.4 is 16.0 Å². The van der Waals surface area contributed by atoms with Gasteiger partial charge in [-0.05, 0) is 5.56 Å². The lowest BCUT2D eigenvalue weighted by Crippen LogP contribution is -2.22. The molecule has 0 fully saturated rings. The van der Waals surface area contributed by atoms with Crippen LogP contribution in [-0.2, 0) is 6.61 Å². The van der Waals surface area contributed by atoms with Crippen molar-refractivity contribution < 1.29 is 17.9 Å². The molecule has 134 valence electrons. The van der Waals surface area contributed by atoms with E-state index >= 15 is 0 Å². The molecule has 3 aromatic rings. The fourth-order valence-electron chi connectivity index (χ4n) is 2.13. The van der Waals surface area contributed by atoms with E-state index in [1.165, 1.54) is 0 Å². The van der Waals surface area contributed by atoms with Gasteiger partial charge in [0.1, 0.15) is 12.3 Å². The van der Waals surface area contributed by atoms with Crippen LogP contribution in [0, 0.1) is 0 Å². The average Bonchev–Trinajstić information content (AvgIpc) is 2.58. The summed E-state index contributed by atoms with van der Waals surface area (Å²) < 4.78 is 44.1. The number of benzene rings is 1. The Morgan fingerprint density at radius 2 is 1.88 bits per heavy atom. The van der Waals surface area contributed by atoms with Gasteiger partial charge in [0.15, 0.2) is 11.2 Å². The number of nitrogens with zero attached hydrogens (tertiary/aromatic N) is 3. The van der Waals surface area contributed by atoms with Gasteiger partial charge in [-0.2, -0.15) is 23.1 Å². The Morgan fingerprint density at radius 1 is 1.19 bits per heavy atom. The third-order valence-electron chi connectivity index (χ3n) is 3.39. The highest BCUT2D eigenvalue weighted by atomic mass is 19.4. The van der Waals surface area contributed by atoms with Gasteiger partial charge in [-0.15, -0.1) is 0 Å². The minimum absolute atomic E-state index is 0.0722. The summed E-state index contributed by atoms with van der Waals surface area (Å²) in [5.41, 5.74) is 2.70. The molecule has 3 rings (SSSR count). The first kappa shape index (κ1) is 17.4. The lowest BCUT2D eigenvalue weighted by atomic mass is 10.2. The summed E-state index contributed by atoms with van der Waals surface area (Å²) in [6.45, 7) is 2.96. The van der Waals surface area contributed by atoms with Gasteiger partial charge in [-0.25, -0.2) is 4.98 Å². The fraction of sp³-hybridized carbons (Fsp3) is 0.125. The molecule has 10 heteroatoms. The number of rotatable bonds is 4. The molecule has 0 unspecified atom stereocenters. The van der Waals surface area contributed by atoms with Crippen LogP contribution in [0.4, 0.5) is 19.1 Å². The predicted molar refractivity (Wildman–Crippen MR) is 88.2 cm³/mol. The maximum absolute atomic E-state index is 12.9. The highest BCUT2D eigenvalue weighted by Crippen LogP contribution is 2.31. The lowest BCUT2D eigenvalue weighted by Gasteiger charge is -2.11. The van der Waals surface area contributed by atoms with E-state index in [0.29, 0.717) is 0 Å². The number of alkyl halides is 3. The van der Waals surface area contributed by atoms with Crippen molar-refractivity contribution in [1.82, 2.24) is 19.9 Å². The molecular weight excluding hydrogens is 351 g/mol. The van der Waals surface area contributed by atoms with E-state index < -0.39 is 23.0 Å². The number of H-pyrrole nitrogens is 1. The molecule has 0 aliphatic rings. The summed E-state index contributed by atoms with van der Waals surface area (Å²) in [6.07, 6.45) is -4.81. The van der Waals surface area contributed by atoms with Crippen LogP contribution in [0.3, 0.4) is 0 Å². The number of hydrogen-bond acceptors (Lipinski definition) is 6. The number of anilines is 1. The molecule has 7 nitrogen and oxygen atoms in total. The van der Waals surface area contributed by atoms with Gasteiger partial charge in [0.05, 0.1) is 5.57 Å². The lowest BCUT2D eigenvalue weighted by molar-refractivity contribution is -0.0689. The van der Waals surface area contributed by atoms with Crippen LogP contribution in [-0.4, -0.2) is 26.1 Å². The number of aromatic nitrogens is 4. The quantitative estimate of drug-likeness (QED) is 0.737. The third-order valence-corrected chi connectivity index (χ3v) is 3.39. The number of hydrogen-bond donors (Lipinski definition) is 2. The van der Waals surface area contributed by atoms with E-state index in [-0.39, 0.29) is 29.6 Å². The topological polar surface area (TPSA) is 107 Å². The minimum Gasteiger partial charge on any atom is -0.471 e. The summed E-state index contributed by atoms with van der Waals surface area (Å²) in [5.74, 6) is -0.371. The molecular formula is C16H12F3N5O2. The Bertz CT molecular complexity index is 1030. The van der Waals surface area contributed by atoms with Crippen molar-refractivity contribution in [3.63, 3.8) is 0 Å². The number of nitrogens with two attached hydrogens (primary N) is 1. The average molecular weight is 363 g/mol. The molecule has 0 aliphatic carbocycles. The van der Waals surface area contributed by atoms with E-state index in [1.54, 1.807) is 24.3 Å². The van der Waals surface area contributed by atoms with Gasteiger partial charge in [0.2, 0.25) is 11.8 Å². The van der Waals surface area contributed by atoms with Crippen LogP contribution in [0.5, 0.6) is 5.88 Å². The van der Waals surface area contributed by atoms with Gasteiger partial charge >= 0.3 is 6.18 Å². The Morgan fingerprint density at radius 3 is 2.54 bits per heavy atom. The standard InChI is InChI=1S/C16H12F3N5O2/c1-8(16(17,18)19)10-13(25)22-12-11(21-10)14(24-15(20)23-12)26-7-9-5-3-2-4-6-9/h2-6H,1,7H2,(H3,20,22,23,24,25). The molecule has 0 amide bonds. The SMILES string of the molecule is C=C(c1nc2c(OCc3ccccc3)nc(N)nc2[nH]c1=O)C(F)(F)F. The van der Waals surface area contributed by atoms with Crippen LogP contribution >= 0.6 is 0 Å². The molecule has 0 saturated carbocycles. The van der Waals surface area contributed by atoms with Gasteiger partial charge in [0.25, 0.3) is 5.56 Å². The van der Waals surface area contributed by atoms with Gasteiger partial charge in [-0.1, -0.05) is 36.9 Å². The Labute approximate surface area is 144 Å². The van der Waals surface area contributed by atoms with Crippen molar-refractivity contribution in [1.29, 1.82) is 0 Å². The van der Waals surface area contributed by atoms with E-state index in [9.17, 15) is 18.0 Å². The number of fused-ring (bicyclic) bond motifs is 1. The molecule has 0 aliphatic heterocycles. The number of allylic oxidation sites excluding steroid dienone is 1. The summed E-state index contributed by atoms with van der Waals surface area (Å²) >= 11 is 0. The van der Waals surface area contributed by atoms with Crippen LogP contribution in [0.15, 0.2) is 41.7 Å². The second-order valence-electron chi connectivity index (χ2n) is 5.25. The molecule has 0 atom stereocenters. The molecule has 26 heavy (non-hydrogen) atoms. The summed E-state index contributed by atoms with van der Waals surface area (Å²) in [5, 5.41) is 0. The zero-order valence-electron chi connectivity index (χ0n) is 13.2. The molecule has 0 spiro atoms. The molecule has 2 aromatic heterocycles. The van der Waals surface area contributed by atoms with Crippen LogP contribution in [0.25, 0.3) is 16.7 Å². The normalized spacial score (nSPS) is 11.5. The van der Waals surface area contributed by atoms with Crippen LogP contribution in [0.1, 0.15) is 11.3 Å². The monoisotopic (exact) mass is 363 g/mol. The zero-order chi connectivity index (χ0) is 18.9. The largest absolute Gasteiger partial charge is 0.471 e. The summed E-state index contributed by atoms with van der Waals surface area (Å²) in [7, 11) is 0. The predicted octanol–water partition coefficient (Wildman–Crippen LogP) is 2.45. The molecule has 0 radical (unpaired) electrons. The van der Waals surface area contributed by atoms with Crippen molar-refractivity contribution in [3.8, 4) is 5.88 Å². The smallest absolute Gasteiger partial charge is 0.418 e. The van der Waals surface area contributed by atoms with E-state index in [1.807, 2.05) is 6.07 Å². The molecule has 0 saturated heterocycles. The van der Waals surface area contributed by atoms with Gasteiger partial charge in [0, 0.05) is 0 Å². The molecule has 2 heterocycles. The van der Waals surface area contributed by atoms with E-state index in [4.69, 9.17) is 10.5 Å². The van der Waals surface area contributed by atoms with E-state index in [0.717, 1.165) is 5.56 Å². The maximum atomic E-state index is 12.9. The second-order valence-corrected chi connectivity index (χ2v) is 5.25. The zero-order valence-corrected chi connectivity index (χ0v) is 13.2. The first-order chi connectivity index (χ1) is 12.3. The number of nitrogen functional groups attached to an aromatic ring is 1. The van der Waals surface area contributed by atoms with Crippen molar-refractivity contribution in [2.45, 2.75) is 12.8 Å². The highest BCUT2D eigenvalue weighted by Gasteiger charge is 2.36. The number of ether oxygens (including phenoxy) is 1. The van der Waals surface area contributed by atoms with Crippen molar-refractivity contribution in [2.24, 2.45) is 0 Å². The van der Waals surface area contributed by atoms with Crippen molar-refractivity contribution >= 4 is 22.7 Å². The van der Waals surface area contributed by atoms with Crippen molar-refractivity contribution in [2.75, 3.05) is 5.73 Å². The highest BCUT2D eigenvalue weighted by molar-refractivity contribution is 5.79. The Kier molecular flexibility index (Phi) is 4.33. The second kappa shape index (κ2) is 6.47. The maximum Gasteiger partial charge on any atom is 0.418 e. The number of nitrogens with one attached hydrogen (secondary N) is 1. The molecule has 1 aromatic carbocycles. The van der Waals surface area contributed by atoms with E-state index in [2.05, 4.69) is 26.5 Å². The first-order valence-electron chi connectivity index (χ1n) is 7.26. The summed E-state index contributed by atoms with van der Waals surface area (Å²) in [6, 6.07) is 9.00. The molecule has 3 N–H and O–H groups in total. The van der Waals surface area contributed by atoms with Gasteiger partial charge in [-0.3, -0.25) is 4.79 Å². The number of halogens is 3. The van der Waals surface area contributed by atoms with Gasteiger partial charge < -0.3 is 15.5 Å². The van der Waals surface area contributed by atoms with Crippen LogP contribution in [0.2, 0.25) is 0 Å². The number of aromatic amines is 1. The minimum atomic E-state index is -4.81. The molecule has 0 bridgehead atoms. The fourth-order valence-corrected chi connectivity index (χ4v) is 2.13. The third kappa shape index (κ3) is 3.48. The Balaban J connectivity index is 2.07. The Hall–Kier alpha value is -3.43. The van der Waals surface area contributed by atoms with Crippen molar-refractivity contribution in [3.05, 3.63) is 58.5 Å². The first-order valence-corrected chi connectivity index (χ1v) is 7.26.